The molecule has 17 heavy (non-hydrogen) atoms. The second kappa shape index (κ2) is 4.30. The summed E-state index contributed by atoms with van der Waals surface area (Å²) >= 11 is 0. The molecule has 2 aromatic heterocycles. The van der Waals surface area contributed by atoms with Gasteiger partial charge in [0.05, 0.1) is 0 Å². The van der Waals surface area contributed by atoms with E-state index in [0.717, 1.165) is 5.56 Å². The summed E-state index contributed by atoms with van der Waals surface area (Å²) in [6, 6.07) is 3.66. The zero-order valence-corrected chi connectivity index (χ0v) is 9.51. The number of hydrazine groups is 1. The molecule has 0 bridgehead atoms. The monoisotopic (exact) mass is 232 g/mol. The molecule has 2 aromatic rings. The molecule has 0 spiro atoms. The Morgan fingerprint density at radius 1 is 1.35 bits per heavy atom. The predicted molar refractivity (Wildman–Crippen MR) is 63.2 cm³/mol. The van der Waals surface area contributed by atoms with Gasteiger partial charge in [0.2, 0.25) is 5.95 Å². The van der Waals surface area contributed by atoms with Crippen molar-refractivity contribution in [2.24, 2.45) is 5.84 Å². The number of anilines is 1. The number of nitrogens with zero attached hydrogens (tertiary/aromatic N) is 4. The van der Waals surface area contributed by atoms with Crippen LogP contribution in [0.2, 0.25) is 0 Å². The molecule has 0 saturated carbocycles. The van der Waals surface area contributed by atoms with E-state index < -0.39 is 5.69 Å². The van der Waals surface area contributed by atoms with Gasteiger partial charge in [0.1, 0.15) is 5.69 Å². The summed E-state index contributed by atoms with van der Waals surface area (Å²) in [5.74, 6) is 5.98. The standard InChI is InChI=1S/C10H12N6O/c1-6-3-4-7(12-5-6)8-13-9(16(2)11)15-10(17)14-8/h3-5H,11H2,1-2H3,(H,13,14,15,17). The quantitative estimate of drug-likeness (QED) is 0.551. The average molecular weight is 232 g/mol. The number of aryl methyl sites for hydroxylation is 1. The molecule has 0 unspecified atom stereocenters. The number of aromatic nitrogens is 4. The molecule has 0 amide bonds. The Kier molecular flexibility index (Phi) is 2.84. The smallest absolute Gasteiger partial charge is 0.288 e. The number of hydrogen-bond acceptors (Lipinski definition) is 6. The van der Waals surface area contributed by atoms with Crippen molar-refractivity contribution in [2.45, 2.75) is 6.92 Å². The van der Waals surface area contributed by atoms with Crippen molar-refractivity contribution in [2.75, 3.05) is 12.1 Å². The maximum absolute atomic E-state index is 11.3. The molecule has 0 fully saturated rings. The molecule has 0 radical (unpaired) electrons. The fourth-order valence-corrected chi connectivity index (χ4v) is 1.26. The van der Waals surface area contributed by atoms with Crippen molar-refractivity contribution in [3.05, 3.63) is 34.4 Å². The van der Waals surface area contributed by atoms with Crippen LogP contribution >= 0.6 is 0 Å². The van der Waals surface area contributed by atoms with Gasteiger partial charge in [-0.3, -0.25) is 15.0 Å². The van der Waals surface area contributed by atoms with Crippen LogP contribution in [0.4, 0.5) is 5.95 Å². The molecular formula is C10H12N6O. The van der Waals surface area contributed by atoms with Crippen LogP contribution in [0.3, 0.4) is 0 Å². The van der Waals surface area contributed by atoms with E-state index in [1.54, 1.807) is 19.3 Å². The van der Waals surface area contributed by atoms with E-state index in [-0.39, 0.29) is 5.95 Å². The van der Waals surface area contributed by atoms with Crippen LogP contribution in [0.5, 0.6) is 0 Å². The Morgan fingerprint density at radius 2 is 2.12 bits per heavy atom. The first-order chi connectivity index (χ1) is 8.06. The normalized spacial score (nSPS) is 10.3. The third-order valence-electron chi connectivity index (χ3n) is 2.11. The first-order valence-electron chi connectivity index (χ1n) is 4.96. The summed E-state index contributed by atoms with van der Waals surface area (Å²) in [4.78, 5) is 25.8. The maximum atomic E-state index is 11.3. The van der Waals surface area contributed by atoms with Crippen LogP contribution < -0.4 is 16.5 Å². The van der Waals surface area contributed by atoms with Crippen LogP contribution in [0.1, 0.15) is 5.56 Å². The highest BCUT2D eigenvalue weighted by atomic mass is 16.1. The number of pyridine rings is 1. The predicted octanol–water partition coefficient (Wildman–Crippen LogP) is -0.155. The average Bonchev–Trinajstić information content (AvgIpc) is 2.29. The fourth-order valence-electron chi connectivity index (χ4n) is 1.26. The summed E-state index contributed by atoms with van der Waals surface area (Å²) in [5, 5.41) is 1.17. The molecule has 0 atom stereocenters. The first-order valence-corrected chi connectivity index (χ1v) is 4.96. The molecule has 2 heterocycles. The Labute approximate surface area is 97.3 Å². The van der Waals surface area contributed by atoms with Crippen molar-refractivity contribution >= 4 is 5.95 Å². The number of aromatic amines is 1. The van der Waals surface area contributed by atoms with E-state index in [1.165, 1.54) is 5.01 Å². The van der Waals surface area contributed by atoms with Gasteiger partial charge < -0.3 is 0 Å². The van der Waals surface area contributed by atoms with Gasteiger partial charge in [-0.2, -0.15) is 9.97 Å². The molecule has 2 rings (SSSR count). The Morgan fingerprint density at radius 3 is 2.71 bits per heavy atom. The lowest BCUT2D eigenvalue weighted by molar-refractivity contribution is 0.883. The summed E-state index contributed by atoms with van der Waals surface area (Å²) < 4.78 is 0. The van der Waals surface area contributed by atoms with Gasteiger partial charge in [0, 0.05) is 13.2 Å². The Hall–Kier alpha value is -2.28. The van der Waals surface area contributed by atoms with Gasteiger partial charge in [-0.25, -0.2) is 10.6 Å². The summed E-state index contributed by atoms with van der Waals surface area (Å²) in [6.07, 6.45) is 1.70. The molecule has 7 heteroatoms. The lowest BCUT2D eigenvalue weighted by atomic mass is 10.3. The maximum Gasteiger partial charge on any atom is 0.349 e. The van der Waals surface area contributed by atoms with E-state index in [9.17, 15) is 4.79 Å². The number of nitrogens with one attached hydrogen (secondary N) is 1. The molecule has 0 aliphatic rings. The van der Waals surface area contributed by atoms with Crippen molar-refractivity contribution in [3.63, 3.8) is 0 Å². The van der Waals surface area contributed by atoms with Crippen molar-refractivity contribution in [1.82, 2.24) is 19.9 Å². The van der Waals surface area contributed by atoms with Gasteiger partial charge in [-0.05, 0) is 18.6 Å². The zero-order valence-electron chi connectivity index (χ0n) is 9.51. The minimum atomic E-state index is -0.510. The largest absolute Gasteiger partial charge is 0.349 e. The fraction of sp³-hybridized carbons (Fsp3) is 0.200. The second-order valence-corrected chi connectivity index (χ2v) is 3.63. The summed E-state index contributed by atoms with van der Waals surface area (Å²) in [7, 11) is 1.56. The molecule has 88 valence electrons. The second-order valence-electron chi connectivity index (χ2n) is 3.63. The number of H-pyrrole nitrogens is 1. The van der Waals surface area contributed by atoms with E-state index in [1.807, 2.05) is 13.0 Å². The highest BCUT2D eigenvalue weighted by Crippen LogP contribution is 2.11. The third-order valence-corrected chi connectivity index (χ3v) is 2.11. The lowest BCUT2D eigenvalue weighted by Crippen LogP contribution is -2.30. The van der Waals surface area contributed by atoms with E-state index >= 15 is 0 Å². The lowest BCUT2D eigenvalue weighted by Gasteiger charge is -2.09. The van der Waals surface area contributed by atoms with Gasteiger partial charge in [-0.1, -0.05) is 6.07 Å². The Bertz CT molecular complexity index is 574. The van der Waals surface area contributed by atoms with Gasteiger partial charge in [0.25, 0.3) is 0 Å². The molecular weight excluding hydrogens is 220 g/mol. The molecule has 0 aromatic carbocycles. The minimum Gasteiger partial charge on any atom is -0.288 e. The number of rotatable bonds is 2. The van der Waals surface area contributed by atoms with Crippen molar-refractivity contribution in [3.8, 4) is 11.5 Å². The highest BCUT2D eigenvalue weighted by Gasteiger charge is 2.07. The van der Waals surface area contributed by atoms with Crippen LogP contribution in [0.15, 0.2) is 23.1 Å². The molecule has 0 aliphatic heterocycles. The molecule has 0 aliphatic carbocycles. The topological polar surface area (TPSA) is 101 Å². The van der Waals surface area contributed by atoms with Crippen LogP contribution in [-0.4, -0.2) is 27.0 Å². The Balaban J connectivity index is 2.52. The summed E-state index contributed by atoms with van der Waals surface area (Å²) in [6.45, 7) is 1.93. The van der Waals surface area contributed by atoms with Gasteiger partial charge >= 0.3 is 5.69 Å². The van der Waals surface area contributed by atoms with E-state index in [4.69, 9.17) is 5.84 Å². The third kappa shape index (κ3) is 2.45. The molecule has 0 saturated heterocycles. The van der Waals surface area contributed by atoms with E-state index in [2.05, 4.69) is 19.9 Å². The van der Waals surface area contributed by atoms with Crippen LogP contribution in [-0.2, 0) is 0 Å². The van der Waals surface area contributed by atoms with Gasteiger partial charge in [-0.15, -0.1) is 0 Å². The van der Waals surface area contributed by atoms with Crippen molar-refractivity contribution < 1.29 is 0 Å². The first kappa shape index (κ1) is 11.2. The number of nitrogens with two attached hydrogens (primary N) is 1. The van der Waals surface area contributed by atoms with Crippen LogP contribution in [0.25, 0.3) is 11.5 Å². The SMILES string of the molecule is Cc1ccc(-c2nc(N(C)N)nc(=O)[nH]2)nc1. The molecule has 7 nitrogen and oxygen atoms in total. The minimum absolute atomic E-state index is 0.145. The van der Waals surface area contributed by atoms with Gasteiger partial charge in [0.15, 0.2) is 5.82 Å². The highest BCUT2D eigenvalue weighted by molar-refractivity contribution is 5.50. The summed E-state index contributed by atoms with van der Waals surface area (Å²) in [5.41, 5.74) is 1.09. The molecule has 3 N–H and O–H groups in total. The van der Waals surface area contributed by atoms with E-state index in [0.29, 0.717) is 11.5 Å². The van der Waals surface area contributed by atoms with Crippen molar-refractivity contribution in [1.29, 1.82) is 0 Å². The van der Waals surface area contributed by atoms with Crippen LogP contribution in [0, 0.1) is 6.92 Å². The number of hydrogen-bond donors (Lipinski definition) is 2. The zero-order chi connectivity index (χ0) is 12.4.